The fraction of sp³-hybridized carbons (Fsp3) is 0. The van der Waals surface area contributed by atoms with Crippen molar-refractivity contribution in [1.29, 1.82) is 0 Å². The monoisotopic (exact) mass is 1540 g/mol. The van der Waals surface area contributed by atoms with Crippen LogP contribution in [0.5, 0.6) is 0 Å². The predicted molar refractivity (Wildman–Crippen MR) is 520 cm³/mol. The molecule has 0 N–H and O–H groups in total. The van der Waals surface area contributed by atoms with Gasteiger partial charge in [-0.25, -0.2) is 0 Å². The van der Waals surface area contributed by atoms with Crippen LogP contribution in [0, 0.1) is 0 Å². The summed E-state index contributed by atoms with van der Waals surface area (Å²) < 4.78 is 0. The highest BCUT2D eigenvalue weighted by molar-refractivity contribution is 6.31. The summed E-state index contributed by atoms with van der Waals surface area (Å²) in [6, 6.07) is 174. The maximum Gasteiger partial charge on any atom is -0.000741 e. The molecule has 0 bridgehead atoms. The van der Waals surface area contributed by atoms with Crippen molar-refractivity contribution in [2.24, 2.45) is 0 Å². The normalized spacial score (nSPS) is 11.6. The molecule has 0 nitrogen and oxygen atoms in total. The van der Waals surface area contributed by atoms with E-state index in [9.17, 15) is 0 Å². The van der Waals surface area contributed by atoms with Crippen LogP contribution in [0.2, 0.25) is 0 Å². The lowest BCUT2D eigenvalue weighted by Crippen LogP contribution is -1.94. The minimum atomic E-state index is 1.20. The van der Waals surface area contributed by atoms with E-state index in [1.807, 2.05) is 0 Å². The topological polar surface area (TPSA) is 0 Å². The van der Waals surface area contributed by atoms with Gasteiger partial charge in [0.1, 0.15) is 0 Å². The summed E-state index contributed by atoms with van der Waals surface area (Å²) in [5.41, 5.74) is 42.5. The molecule has 0 fully saturated rings. The van der Waals surface area contributed by atoms with Crippen LogP contribution in [-0.4, -0.2) is 0 Å². The van der Waals surface area contributed by atoms with Gasteiger partial charge in [0.25, 0.3) is 0 Å². The standard InChI is InChI=1S/C62H40.C60H38/c1-5-16-41(17-6-1)47-24-13-25-48(38-47)43-30-32-44(33-31-43)50-34-35-54-57(40-50)59(46-22-11-4-12-23-46)61-55-29-15-28-53-52(51-27-14-26-49(39-51)42-18-7-2-8-19-42)36-37-56(60(53)55)62(61)58(54)45-20-9-3-10-21-45;1-4-15-39(16-5-1)45-23-12-24-47(37-45)50-35-36-54-58-51(50)27-14-28-53(58)59-57(44-20-8-3-9-21-44)55-38-46(33-34-52(55)56(60(54)59)43-18-6-2-7-19-43)40-29-31-42(32-30-40)49-26-13-22-41-17-10-11-25-48(41)49/h1-40H;1-38H. The fourth-order valence-electron chi connectivity index (χ4n) is 19.9. The molecule has 0 atom stereocenters. The van der Waals surface area contributed by atoms with Gasteiger partial charge in [-0.15, -0.1) is 0 Å². The minimum absolute atomic E-state index is 1.20. The van der Waals surface area contributed by atoms with E-state index in [0.717, 1.165) is 0 Å². The van der Waals surface area contributed by atoms with Gasteiger partial charge in [0, 0.05) is 0 Å². The van der Waals surface area contributed by atoms with Gasteiger partial charge in [-0.3, -0.25) is 0 Å². The van der Waals surface area contributed by atoms with E-state index in [-0.39, 0.29) is 0 Å². The first kappa shape index (κ1) is 71.5. The Bertz CT molecular complexity index is 7820. The molecule has 0 heterocycles. The molecule has 22 aromatic carbocycles. The van der Waals surface area contributed by atoms with Gasteiger partial charge in [-0.05, 0) is 273 Å². The summed E-state index contributed by atoms with van der Waals surface area (Å²) >= 11 is 0. The van der Waals surface area contributed by atoms with E-state index >= 15 is 0 Å². The molecule has 0 spiro atoms. The molecule has 2 aliphatic rings. The van der Waals surface area contributed by atoms with Gasteiger partial charge in [-0.2, -0.15) is 0 Å². The molecule has 0 unspecified atom stereocenters. The van der Waals surface area contributed by atoms with Gasteiger partial charge in [0.05, 0.1) is 0 Å². The molecule has 0 saturated carbocycles. The Labute approximate surface area is 711 Å². The Balaban J connectivity index is 0.000000142. The van der Waals surface area contributed by atoms with Crippen molar-refractivity contribution in [2.45, 2.75) is 0 Å². The van der Waals surface area contributed by atoms with Crippen molar-refractivity contribution < 1.29 is 0 Å². The maximum atomic E-state index is 2.45. The molecule has 122 heavy (non-hydrogen) atoms. The molecule has 0 heteroatoms. The molecule has 0 saturated heterocycles. The Hall–Kier alpha value is -15.9. The summed E-state index contributed by atoms with van der Waals surface area (Å²) in [6.07, 6.45) is 0. The fourth-order valence-corrected chi connectivity index (χ4v) is 19.9. The second-order valence-corrected chi connectivity index (χ2v) is 32.3. The van der Waals surface area contributed by atoms with Crippen LogP contribution in [-0.2, 0) is 0 Å². The van der Waals surface area contributed by atoms with Gasteiger partial charge in [-0.1, -0.05) is 443 Å². The van der Waals surface area contributed by atoms with E-state index in [0.29, 0.717) is 0 Å². The number of rotatable bonds is 13. The molecule has 566 valence electrons. The van der Waals surface area contributed by atoms with Crippen molar-refractivity contribution in [2.75, 3.05) is 0 Å². The number of hydrogen-bond acceptors (Lipinski definition) is 0. The lowest BCUT2D eigenvalue weighted by Gasteiger charge is -2.21. The van der Waals surface area contributed by atoms with E-state index in [1.54, 1.807) is 0 Å². The summed E-state index contributed by atoms with van der Waals surface area (Å²) in [6.45, 7) is 0. The Morgan fingerprint density at radius 2 is 0.311 bits per heavy atom. The van der Waals surface area contributed by atoms with Crippen LogP contribution in [0.3, 0.4) is 0 Å². The van der Waals surface area contributed by atoms with Crippen molar-refractivity contribution in [3.05, 3.63) is 473 Å². The largest absolute Gasteiger partial charge is 0.0622 e. The quantitative estimate of drug-likeness (QED) is 0.108. The summed E-state index contributed by atoms with van der Waals surface area (Å²) in [4.78, 5) is 0. The lowest BCUT2D eigenvalue weighted by atomic mass is 9.81. The molecule has 2 aliphatic carbocycles. The zero-order valence-corrected chi connectivity index (χ0v) is 67.0. The van der Waals surface area contributed by atoms with Crippen LogP contribution in [0.15, 0.2) is 473 Å². The summed E-state index contributed by atoms with van der Waals surface area (Å²) in [5, 5.41) is 12.8. The first-order chi connectivity index (χ1) is 60.5. The Morgan fingerprint density at radius 3 is 0.689 bits per heavy atom. The highest BCUT2D eigenvalue weighted by Crippen LogP contribution is 2.62. The minimum Gasteiger partial charge on any atom is -0.0622 e. The van der Waals surface area contributed by atoms with Crippen molar-refractivity contribution in [3.8, 4) is 189 Å². The van der Waals surface area contributed by atoms with Crippen molar-refractivity contribution in [3.63, 3.8) is 0 Å². The first-order valence-corrected chi connectivity index (χ1v) is 42.3. The van der Waals surface area contributed by atoms with E-state index in [4.69, 9.17) is 0 Å². The third kappa shape index (κ3) is 12.4. The third-order valence-electron chi connectivity index (χ3n) is 25.4. The lowest BCUT2D eigenvalue weighted by molar-refractivity contribution is 1.58. The van der Waals surface area contributed by atoms with E-state index in [1.165, 1.54) is 243 Å². The highest BCUT2D eigenvalue weighted by atomic mass is 14.4. The van der Waals surface area contributed by atoms with Crippen molar-refractivity contribution in [1.82, 2.24) is 0 Å². The van der Waals surface area contributed by atoms with Gasteiger partial charge in [0.2, 0.25) is 0 Å². The average Bonchev–Trinajstić information content (AvgIpc) is 1.53. The third-order valence-corrected chi connectivity index (χ3v) is 25.4. The van der Waals surface area contributed by atoms with Gasteiger partial charge >= 0.3 is 0 Å². The first-order valence-electron chi connectivity index (χ1n) is 42.3. The molecule has 0 radical (unpaired) electrons. The molecule has 24 rings (SSSR count). The molecule has 0 amide bonds. The zero-order chi connectivity index (χ0) is 80.6. The molecule has 0 aromatic heterocycles. The van der Waals surface area contributed by atoms with Gasteiger partial charge < -0.3 is 0 Å². The molecular formula is C122H78. The zero-order valence-electron chi connectivity index (χ0n) is 67.0. The average molecular weight is 1540 g/mol. The second kappa shape index (κ2) is 30.3. The number of benzene rings is 22. The van der Waals surface area contributed by atoms with Crippen molar-refractivity contribution >= 4 is 53.9 Å². The SMILES string of the molecule is c1ccc(-c2cccc(-c3ccc(-c4ccc5c(-c6ccccc6)c6c(c(-c7ccccc7)c5c4)-c4cccc5c(-c7cccc(-c8ccccc8)c7)ccc-6c45)cc3)c2)cc1.c1ccc(-c2cccc(-c3ccc4c5c(cccc35)-c3c-4c(-c4ccccc4)c4ccc(-c5ccc(-c6cccc7ccccc67)cc5)cc4c3-c3ccccc3)c2)cc1. The predicted octanol–water partition coefficient (Wildman–Crippen LogP) is 34.1. The Morgan fingerprint density at radius 1 is 0.0902 bits per heavy atom. The molecule has 0 aliphatic heterocycles. The van der Waals surface area contributed by atoms with Crippen LogP contribution in [0.1, 0.15) is 0 Å². The van der Waals surface area contributed by atoms with E-state index < -0.39 is 0 Å². The maximum absolute atomic E-state index is 2.45. The Kier molecular flexibility index (Phi) is 17.7. The smallest absolute Gasteiger partial charge is 0.000741 e. The molecular weight excluding hydrogens is 1470 g/mol. The van der Waals surface area contributed by atoms with Crippen LogP contribution >= 0.6 is 0 Å². The summed E-state index contributed by atoms with van der Waals surface area (Å²) in [5.74, 6) is 0. The number of hydrogen-bond donors (Lipinski definition) is 0. The van der Waals surface area contributed by atoms with Crippen LogP contribution in [0.4, 0.5) is 0 Å². The van der Waals surface area contributed by atoms with Gasteiger partial charge in [0.15, 0.2) is 0 Å². The van der Waals surface area contributed by atoms with E-state index in [2.05, 4.69) is 473 Å². The highest BCUT2D eigenvalue weighted by Gasteiger charge is 2.34. The van der Waals surface area contributed by atoms with Crippen LogP contribution < -0.4 is 0 Å². The number of fused-ring (bicyclic) bond motifs is 9. The van der Waals surface area contributed by atoms with Crippen LogP contribution in [0.25, 0.3) is 243 Å². The molecule has 22 aromatic rings. The summed E-state index contributed by atoms with van der Waals surface area (Å²) in [7, 11) is 0. The second-order valence-electron chi connectivity index (χ2n) is 32.3.